The van der Waals surface area contributed by atoms with Crippen molar-refractivity contribution in [2.75, 3.05) is 6.26 Å². The zero-order valence-corrected chi connectivity index (χ0v) is 16.0. The molecule has 2 aromatic carbocycles. The van der Waals surface area contributed by atoms with Crippen molar-refractivity contribution in [1.82, 2.24) is 0 Å². The predicted octanol–water partition coefficient (Wildman–Crippen LogP) is 5.83. The minimum absolute atomic E-state index is 0.0103. The Morgan fingerprint density at radius 2 is 1.88 bits per heavy atom. The maximum atomic E-state index is 12.7. The third kappa shape index (κ3) is 4.52. The van der Waals surface area contributed by atoms with Crippen molar-refractivity contribution in [3.05, 3.63) is 56.6 Å². The summed E-state index contributed by atoms with van der Waals surface area (Å²) in [7, 11) is -2.48. The van der Waals surface area contributed by atoms with Crippen molar-refractivity contribution < 1.29 is 27.4 Å². The molecule has 0 amide bonds. The van der Waals surface area contributed by atoms with Gasteiger partial charge in [-0.15, -0.1) is 0 Å². The molecule has 0 aliphatic heterocycles. The lowest BCUT2D eigenvalue weighted by Gasteiger charge is -2.13. The highest BCUT2D eigenvalue weighted by atomic mass is 35.5. The van der Waals surface area contributed by atoms with Gasteiger partial charge in [0.1, 0.15) is 11.5 Å². The highest BCUT2D eigenvalue weighted by molar-refractivity contribution is 8.53. The molecule has 0 radical (unpaired) electrons. The first-order valence-electron chi connectivity index (χ1n) is 6.96. The van der Waals surface area contributed by atoms with Crippen LogP contribution in [0.25, 0.3) is 0 Å². The molecule has 140 valence electrons. The maximum absolute atomic E-state index is 12.7. The highest BCUT2D eigenvalue weighted by Gasteiger charge is 2.31. The molecule has 11 heteroatoms. The van der Waals surface area contributed by atoms with E-state index >= 15 is 0 Å². The number of aryl methyl sites for hydroxylation is 1. The Kier molecular flexibility index (Phi) is 6.26. The second-order valence-electron chi connectivity index (χ2n) is 5.13. The summed E-state index contributed by atoms with van der Waals surface area (Å²) < 4.78 is 55.7. The fourth-order valence-electron chi connectivity index (χ4n) is 2.09. The number of benzene rings is 2. The number of hydrogen-bond acceptors (Lipinski definition) is 5. The van der Waals surface area contributed by atoms with Gasteiger partial charge in [0, 0.05) is 6.07 Å². The molecule has 0 fully saturated rings. The summed E-state index contributed by atoms with van der Waals surface area (Å²) in [4.78, 5) is 10.5. The number of nitro groups is 1. The molecular weight excluding hydrogens is 414 g/mol. The van der Waals surface area contributed by atoms with Crippen molar-refractivity contribution in [2.24, 2.45) is 0 Å². The van der Waals surface area contributed by atoms with Crippen LogP contribution in [0.3, 0.4) is 0 Å². The van der Waals surface area contributed by atoms with E-state index in [-0.39, 0.29) is 27.5 Å². The van der Waals surface area contributed by atoms with Crippen molar-refractivity contribution in [2.45, 2.75) is 13.1 Å². The molecule has 0 aromatic heterocycles. The van der Waals surface area contributed by atoms with E-state index < -0.39 is 23.7 Å². The monoisotopic (exact) mass is 425 g/mol. The van der Waals surface area contributed by atoms with E-state index in [2.05, 4.69) is 0 Å². The summed E-state index contributed by atoms with van der Waals surface area (Å²) in [6.45, 7) is 1.53. The third-order valence-corrected chi connectivity index (χ3v) is 6.65. The van der Waals surface area contributed by atoms with Crippen molar-refractivity contribution in [3.8, 4) is 11.5 Å². The van der Waals surface area contributed by atoms with Gasteiger partial charge >= 0.3 is 6.18 Å². The van der Waals surface area contributed by atoms with Crippen molar-refractivity contribution in [1.29, 1.82) is 0 Å². The largest absolute Gasteiger partial charge is 0.455 e. The van der Waals surface area contributed by atoms with Gasteiger partial charge < -0.3 is 9.30 Å². The molecule has 0 saturated carbocycles. The Morgan fingerprint density at radius 1 is 1.23 bits per heavy atom. The van der Waals surface area contributed by atoms with E-state index in [1.807, 2.05) is 0 Å². The second kappa shape index (κ2) is 7.90. The fourth-order valence-corrected chi connectivity index (χ4v) is 4.30. The number of hydrogen-bond donors (Lipinski definition) is 0. The van der Waals surface area contributed by atoms with Crippen LogP contribution in [0.15, 0.2) is 30.3 Å². The number of nitrogens with zero attached hydrogens (tertiary/aromatic N) is 1. The Balaban J connectivity index is 2.47. The Hall–Kier alpha value is -1.70. The van der Waals surface area contributed by atoms with Crippen molar-refractivity contribution in [3.63, 3.8) is 0 Å². The van der Waals surface area contributed by atoms with Gasteiger partial charge in [0.05, 0.1) is 20.8 Å². The zero-order valence-electron chi connectivity index (χ0n) is 13.4. The first kappa shape index (κ1) is 20.6. The van der Waals surface area contributed by atoms with Gasteiger partial charge in [-0.1, -0.05) is 23.0 Å². The molecule has 2 aromatic rings. The van der Waals surface area contributed by atoms with Gasteiger partial charge in [-0.3, -0.25) is 10.1 Å². The molecule has 0 aliphatic carbocycles. The summed E-state index contributed by atoms with van der Waals surface area (Å²) in [6.07, 6.45) is -2.99. The van der Waals surface area contributed by atoms with E-state index in [9.17, 15) is 27.9 Å². The molecule has 1 unspecified atom stereocenters. The average molecular weight is 426 g/mol. The molecule has 0 N–H and O–H groups in total. The summed E-state index contributed by atoms with van der Waals surface area (Å²) in [5.74, 6) is 0.0750. The van der Waals surface area contributed by atoms with E-state index in [1.165, 1.54) is 19.1 Å². The molecule has 0 saturated heterocycles. The standard InChI is InChI=1S/C15H12ClF3NO4PS/c1-8-5-11(20(21)22)14(25(23)26-2)7-13(8)24-12-4-3-9(6-10(12)16)15(17,18)19/h3-7,25H,1-2H3. The summed E-state index contributed by atoms with van der Waals surface area (Å²) >= 11 is 6.83. The molecule has 0 bridgehead atoms. The number of ether oxygens (including phenoxy) is 1. The van der Waals surface area contributed by atoms with E-state index in [4.69, 9.17) is 16.3 Å². The smallest absolute Gasteiger partial charge is 0.416 e. The quantitative estimate of drug-likeness (QED) is 0.342. The van der Waals surface area contributed by atoms with E-state index in [0.717, 1.165) is 29.6 Å². The zero-order chi connectivity index (χ0) is 19.6. The van der Waals surface area contributed by atoms with Crippen molar-refractivity contribution >= 4 is 41.0 Å². The maximum Gasteiger partial charge on any atom is 0.416 e. The highest BCUT2D eigenvalue weighted by Crippen LogP contribution is 2.41. The Morgan fingerprint density at radius 3 is 2.38 bits per heavy atom. The average Bonchev–Trinajstić information content (AvgIpc) is 2.56. The molecule has 0 aliphatic rings. The molecule has 0 heterocycles. The SMILES string of the molecule is CS[PH](=O)c1cc(Oc2ccc(C(F)(F)F)cc2Cl)c(C)cc1[N+](=O)[O-]. The van der Waals surface area contributed by atoms with Crippen LogP contribution in [0.2, 0.25) is 5.02 Å². The lowest BCUT2D eigenvalue weighted by Crippen LogP contribution is -2.07. The van der Waals surface area contributed by atoms with Gasteiger partial charge in [0.2, 0.25) is 0 Å². The summed E-state index contributed by atoms with van der Waals surface area (Å²) in [5.41, 5.74) is -0.873. The topological polar surface area (TPSA) is 69.4 Å². The van der Waals surface area contributed by atoms with Gasteiger partial charge in [0.25, 0.3) is 5.69 Å². The number of halogens is 4. The third-order valence-electron chi connectivity index (χ3n) is 3.37. The Bertz CT molecular complexity index is 892. The molecule has 0 spiro atoms. The van der Waals surface area contributed by atoms with Crippen LogP contribution >= 0.6 is 30.0 Å². The summed E-state index contributed by atoms with van der Waals surface area (Å²) in [5, 5.41) is 10.9. The fraction of sp³-hybridized carbons (Fsp3) is 0.200. The van der Waals surface area contributed by atoms with Crippen LogP contribution in [0.1, 0.15) is 11.1 Å². The molecule has 5 nitrogen and oxygen atoms in total. The normalized spacial score (nSPS) is 12.7. The molecule has 2 rings (SSSR count). The second-order valence-corrected chi connectivity index (χ2v) is 9.39. The van der Waals surface area contributed by atoms with Gasteiger partial charge in [0.15, 0.2) is 7.00 Å². The van der Waals surface area contributed by atoms with Gasteiger partial charge in [-0.25, -0.2) is 0 Å². The first-order valence-corrected chi connectivity index (χ1v) is 10.7. The minimum Gasteiger partial charge on any atom is -0.455 e. The molecule has 26 heavy (non-hydrogen) atoms. The predicted molar refractivity (Wildman–Crippen MR) is 96.5 cm³/mol. The van der Waals surface area contributed by atoms with Crippen LogP contribution < -0.4 is 10.0 Å². The van der Waals surface area contributed by atoms with E-state index in [1.54, 1.807) is 6.26 Å². The molecular formula is C15H12ClF3NO4PS. The minimum atomic E-state index is -4.54. The van der Waals surface area contributed by atoms with Crippen LogP contribution in [-0.4, -0.2) is 11.2 Å². The first-order chi connectivity index (χ1) is 12.0. The lowest BCUT2D eigenvalue weighted by molar-refractivity contribution is -0.383. The summed E-state index contributed by atoms with van der Waals surface area (Å²) in [6, 6.07) is 5.07. The van der Waals surface area contributed by atoms with Crippen LogP contribution in [-0.2, 0) is 10.7 Å². The van der Waals surface area contributed by atoms with Gasteiger partial charge in [-0.2, -0.15) is 13.2 Å². The lowest BCUT2D eigenvalue weighted by atomic mass is 10.2. The number of alkyl halides is 3. The van der Waals surface area contributed by atoms with Crippen LogP contribution in [0.5, 0.6) is 11.5 Å². The van der Waals surface area contributed by atoms with Crippen LogP contribution in [0.4, 0.5) is 18.9 Å². The van der Waals surface area contributed by atoms with Gasteiger partial charge in [-0.05, 0) is 43.0 Å². The van der Waals surface area contributed by atoms with E-state index in [0.29, 0.717) is 5.56 Å². The number of rotatable bonds is 5. The Labute approximate surface area is 156 Å². The van der Waals surface area contributed by atoms with Crippen LogP contribution in [0, 0.1) is 17.0 Å². The molecule has 1 atom stereocenters. The number of nitro benzene ring substituents is 1.